The van der Waals surface area contributed by atoms with Crippen LogP contribution in [0.25, 0.3) is 0 Å². The Labute approximate surface area is 68.8 Å². The maximum absolute atomic E-state index is 11.0. The van der Waals surface area contributed by atoms with Crippen LogP contribution in [0.4, 0.5) is 0 Å². The van der Waals surface area contributed by atoms with Crippen LogP contribution < -0.4 is 0 Å². The molecular weight excluding hydrogens is 160 g/mol. The first-order valence-electron chi connectivity index (χ1n) is 3.81. The van der Waals surface area contributed by atoms with E-state index in [-0.39, 0.29) is 0 Å². The second-order valence-electron chi connectivity index (χ2n) is 3.07. The average molecular weight is 168 g/mol. The molecule has 0 aromatic heterocycles. The molecule has 2 rings (SSSR count). The highest BCUT2D eigenvalue weighted by atomic mass is 16.6. The molecule has 1 heterocycles. The van der Waals surface area contributed by atoms with E-state index in [2.05, 4.69) is 4.74 Å². The van der Waals surface area contributed by atoms with Crippen molar-refractivity contribution >= 4 is 11.9 Å². The fourth-order valence-corrected chi connectivity index (χ4v) is 1.61. The molecule has 1 aliphatic heterocycles. The van der Waals surface area contributed by atoms with Crippen LogP contribution >= 0.6 is 0 Å². The minimum Gasteiger partial charge on any atom is -0.390 e. The number of carbonyl (C=O) groups excluding carboxylic acids is 2. The average Bonchev–Trinajstić information content (AvgIpc) is 2.25. The van der Waals surface area contributed by atoms with Crippen molar-refractivity contribution in [3.63, 3.8) is 0 Å². The van der Waals surface area contributed by atoms with Crippen LogP contribution in [0.15, 0.2) is 12.2 Å². The number of esters is 2. The fourth-order valence-electron chi connectivity index (χ4n) is 1.61. The number of carbonyl (C=O) groups is 2. The van der Waals surface area contributed by atoms with E-state index in [1.807, 2.05) is 0 Å². The minimum absolute atomic E-state index is 0.484. The molecule has 2 atom stereocenters. The predicted octanol–water partition coefficient (Wildman–Crippen LogP) is -0.233. The van der Waals surface area contributed by atoms with Gasteiger partial charge in [-0.15, -0.1) is 0 Å². The molecule has 64 valence electrons. The molecule has 0 spiro atoms. The van der Waals surface area contributed by atoms with Gasteiger partial charge in [0, 0.05) is 0 Å². The second-order valence-corrected chi connectivity index (χ2v) is 3.07. The van der Waals surface area contributed by atoms with Gasteiger partial charge in [-0.05, 0) is 18.9 Å². The highest BCUT2D eigenvalue weighted by Gasteiger charge is 2.55. The highest BCUT2D eigenvalue weighted by molar-refractivity contribution is 6.02. The van der Waals surface area contributed by atoms with E-state index in [4.69, 9.17) is 0 Å². The number of rotatable bonds is 0. The number of hydrogen-bond acceptors (Lipinski definition) is 4. The van der Waals surface area contributed by atoms with Crippen molar-refractivity contribution in [2.45, 2.75) is 18.4 Å². The molecular formula is C8H8O4. The summed E-state index contributed by atoms with van der Waals surface area (Å²) < 4.78 is 4.33. The fraction of sp³-hybridized carbons (Fsp3) is 0.500. The van der Waals surface area contributed by atoms with E-state index in [1.54, 1.807) is 6.08 Å². The normalized spacial score (nSPS) is 39.6. The van der Waals surface area contributed by atoms with E-state index in [0.29, 0.717) is 12.8 Å². The van der Waals surface area contributed by atoms with Gasteiger partial charge in [-0.2, -0.15) is 0 Å². The lowest BCUT2D eigenvalue weighted by molar-refractivity contribution is -0.156. The molecule has 12 heavy (non-hydrogen) atoms. The van der Waals surface area contributed by atoms with Gasteiger partial charge in [0.15, 0.2) is 5.60 Å². The second kappa shape index (κ2) is 2.17. The standard InChI is InChI=1S/C8H8O4/c9-6-5-3-1-2-4-8(5,11)7(10)12-6/h2,4-5,11H,1,3H2. The molecule has 0 aromatic carbocycles. The maximum atomic E-state index is 11.0. The van der Waals surface area contributed by atoms with Gasteiger partial charge in [-0.3, -0.25) is 4.79 Å². The van der Waals surface area contributed by atoms with Gasteiger partial charge in [0.1, 0.15) is 5.92 Å². The quantitative estimate of drug-likeness (QED) is 0.308. The summed E-state index contributed by atoms with van der Waals surface area (Å²) in [6.07, 6.45) is 4.23. The summed E-state index contributed by atoms with van der Waals surface area (Å²) in [6.45, 7) is 0. The molecule has 1 aliphatic carbocycles. The van der Waals surface area contributed by atoms with Gasteiger partial charge < -0.3 is 9.84 Å². The van der Waals surface area contributed by atoms with Gasteiger partial charge in [0.25, 0.3) is 0 Å². The molecule has 0 aromatic rings. The van der Waals surface area contributed by atoms with Crippen molar-refractivity contribution in [1.29, 1.82) is 0 Å². The molecule has 0 radical (unpaired) electrons. The van der Waals surface area contributed by atoms with E-state index in [9.17, 15) is 14.7 Å². The van der Waals surface area contributed by atoms with Gasteiger partial charge in [0.2, 0.25) is 0 Å². The van der Waals surface area contributed by atoms with E-state index in [0.717, 1.165) is 0 Å². The van der Waals surface area contributed by atoms with Crippen molar-refractivity contribution in [3.05, 3.63) is 12.2 Å². The zero-order valence-electron chi connectivity index (χ0n) is 6.32. The zero-order chi connectivity index (χ0) is 8.77. The lowest BCUT2D eigenvalue weighted by Gasteiger charge is -2.22. The van der Waals surface area contributed by atoms with E-state index < -0.39 is 23.5 Å². The Morgan fingerprint density at radius 3 is 3.00 bits per heavy atom. The van der Waals surface area contributed by atoms with Crippen LogP contribution in [0.1, 0.15) is 12.8 Å². The third-order valence-electron chi connectivity index (χ3n) is 2.33. The molecule has 1 fully saturated rings. The predicted molar refractivity (Wildman–Crippen MR) is 37.9 cm³/mol. The summed E-state index contributed by atoms with van der Waals surface area (Å²) in [6, 6.07) is 0. The van der Waals surface area contributed by atoms with Gasteiger partial charge in [-0.25, -0.2) is 4.79 Å². The van der Waals surface area contributed by atoms with Crippen LogP contribution in [-0.2, 0) is 14.3 Å². The number of aliphatic hydroxyl groups is 1. The lowest BCUT2D eigenvalue weighted by atomic mass is 9.82. The Kier molecular flexibility index (Phi) is 1.35. The van der Waals surface area contributed by atoms with Gasteiger partial charge >= 0.3 is 11.9 Å². The Bertz CT molecular complexity index is 281. The summed E-state index contributed by atoms with van der Waals surface area (Å²) in [5.74, 6) is -2.13. The van der Waals surface area contributed by atoms with Crippen LogP contribution in [-0.4, -0.2) is 22.6 Å². The summed E-state index contributed by atoms with van der Waals surface area (Å²) in [7, 11) is 0. The summed E-state index contributed by atoms with van der Waals surface area (Å²) in [4.78, 5) is 22.0. The SMILES string of the molecule is O=C1OC(=O)C2(O)C=CCCC12. The maximum Gasteiger partial charge on any atom is 0.350 e. The third-order valence-corrected chi connectivity index (χ3v) is 2.33. The van der Waals surface area contributed by atoms with Crippen molar-refractivity contribution in [2.24, 2.45) is 5.92 Å². The van der Waals surface area contributed by atoms with Crippen molar-refractivity contribution in [2.75, 3.05) is 0 Å². The van der Waals surface area contributed by atoms with Crippen LogP contribution in [0.3, 0.4) is 0 Å². The summed E-state index contributed by atoms with van der Waals surface area (Å²) >= 11 is 0. The number of ether oxygens (including phenoxy) is 1. The largest absolute Gasteiger partial charge is 0.390 e. The molecule has 2 aliphatic rings. The number of cyclic esters (lactones) is 2. The molecule has 1 saturated heterocycles. The number of hydrogen-bond donors (Lipinski definition) is 1. The summed E-state index contributed by atoms with van der Waals surface area (Å²) in [5, 5.41) is 9.67. The van der Waals surface area contributed by atoms with Gasteiger partial charge in [0.05, 0.1) is 0 Å². The van der Waals surface area contributed by atoms with Gasteiger partial charge in [-0.1, -0.05) is 6.08 Å². The number of allylic oxidation sites excluding steroid dienone is 1. The van der Waals surface area contributed by atoms with Crippen LogP contribution in [0.5, 0.6) is 0 Å². The topological polar surface area (TPSA) is 63.6 Å². The molecule has 2 unspecified atom stereocenters. The summed E-state index contributed by atoms with van der Waals surface area (Å²) in [5.41, 5.74) is -1.67. The molecule has 4 heteroatoms. The first kappa shape index (κ1) is 7.49. The van der Waals surface area contributed by atoms with E-state index in [1.165, 1.54) is 6.08 Å². The highest BCUT2D eigenvalue weighted by Crippen LogP contribution is 2.35. The molecule has 0 amide bonds. The van der Waals surface area contributed by atoms with Crippen molar-refractivity contribution < 1.29 is 19.4 Å². The minimum atomic E-state index is -1.67. The molecule has 0 saturated carbocycles. The van der Waals surface area contributed by atoms with Crippen LogP contribution in [0, 0.1) is 5.92 Å². The Balaban J connectivity index is 2.44. The third kappa shape index (κ3) is 0.754. The van der Waals surface area contributed by atoms with Crippen molar-refractivity contribution in [1.82, 2.24) is 0 Å². The smallest absolute Gasteiger partial charge is 0.350 e. The Hall–Kier alpha value is -1.16. The zero-order valence-corrected chi connectivity index (χ0v) is 6.32. The first-order valence-corrected chi connectivity index (χ1v) is 3.81. The monoisotopic (exact) mass is 168 g/mol. The molecule has 4 nitrogen and oxygen atoms in total. The lowest BCUT2D eigenvalue weighted by Crippen LogP contribution is -2.40. The van der Waals surface area contributed by atoms with E-state index >= 15 is 0 Å². The molecule has 1 N–H and O–H groups in total. The van der Waals surface area contributed by atoms with Crippen molar-refractivity contribution in [3.8, 4) is 0 Å². The Morgan fingerprint density at radius 1 is 1.58 bits per heavy atom. The number of fused-ring (bicyclic) bond motifs is 1. The van der Waals surface area contributed by atoms with Crippen LogP contribution in [0.2, 0.25) is 0 Å². The molecule has 0 bridgehead atoms. The Morgan fingerprint density at radius 2 is 2.33 bits per heavy atom. The first-order chi connectivity index (χ1) is 5.64.